The Kier molecular flexibility index (Phi) is 8.97. The first kappa shape index (κ1) is 21.3. The highest BCUT2D eigenvalue weighted by Gasteiger charge is 2.36. The van der Waals surface area contributed by atoms with Crippen LogP contribution in [0.4, 0.5) is 0 Å². The molecule has 1 saturated heterocycles. The van der Waals surface area contributed by atoms with Gasteiger partial charge >= 0.3 is 0 Å². The lowest BCUT2D eigenvalue weighted by Gasteiger charge is -2.42. The standard InChI is InChI=1S/C17H40N2O2Si2/c1-8-11-17(20-2,21-3)22(4)15-10-13-18-12-9-14-19(16-18)23(5,6)7/h22H,8-16H2,1-7H3. The van der Waals surface area contributed by atoms with Crippen molar-refractivity contribution in [2.24, 2.45) is 0 Å². The van der Waals surface area contributed by atoms with Crippen molar-refractivity contribution in [1.82, 2.24) is 9.47 Å². The van der Waals surface area contributed by atoms with E-state index in [1.54, 1.807) is 0 Å². The van der Waals surface area contributed by atoms with Gasteiger partial charge in [-0.25, -0.2) is 0 Å². The third-order valence-corrected chi connectivity index (χ3v) is 11.2. The minimum absolute atomic E-state index is 0.263. The highest BCUT2D eigenvalue weighted by molar-refractivity contribution is 6.73. The van der Waals surface area contributed by atoms with Gasteiger partial charge < -0.3 is 14.0 Å². The first-order chi connectivity index (χ1) is 10.8. The SMILES string of the molecule is CCCC(OC)(OC)[SiH](C)CCCN1CCCN([Si](C)(C)C)C1. The Morgan fingerprint density at radius 3 is 2.30 bits per heavy atom. The largest absolute Gasteiger partial charge is 0.357 e. The number of methoxy groups -OCH3 is 2. The Hall–Kier alpha value is 0.274. The zero-order chi connectivity index (χ0) is 17.5. The minimum Gasteiger partial charge on any atom is -0.357 e. The molecule has 0 spiro atoms. The third-order valence-electron chi connectivity index (χ3n) is 5.37. The maximum absolute atomic E-state index is 5.82. The predicted octanol–water partition coefficient (Wildman–Crippen LogP) is 3.36. The highest BCUT2D eigenvalue weighted by atomic mass is 28.3. The topological polar surface area (TPSA) is 24.9 Å². The lowest BCUT2D eigenvalue weighted by molar-refractivity contribution is -0.152. The fourth-order valence-electron chi connectivity index (χ4n) is 3.72. The summed E-state index contributed by atoms with van der Waals surface area (Å²) in [7, 11) is 1.42. The molecule has 0 aliphatic carbocycles. The molecule has 138 valence electrons. The number of rotatable bonds is 10. The summed E-state index contributed by atoms with van der Waals surface area (Å²) in [5, 5.41) is 0. The average Bonchev–Trinajstić information content (AvgIpc) is 2.52. The molecule has 1 unspecified atom stereocenters. The van der Waals surface area contributed by atoms with Crippen molar-refractivity contribution in [3.05, 3.63) is 0 Å². The molecule has 1 heterocycles. The Bertz CT molecular complexity index is 333. The second-order valence-electron chi connectivity index (χ2n) is 8.06. The van der Waals surface area contributed by atoms with Crippen LogP contribution in [0.25, 0.3) is 0 Å². The minimum atomic E-state index is -1.15. The molecule has 1 rings (SSSR count). The van der Waals surface area contributed by atoms with E-state index in [1.165, 1.54) is 45.2 Å². The number of ether oxygens (including phenoxy) is 2. The second-order valence-corrected chi connectivity index (χ2v) is 16.3. The van der Waals surface area contributed by atoms with Crippen LogP contribution in [0.1, 0.15) is 32.6 Å². The number of hydrogen-bond donors (Lipinski definition) is 0. The summed E-state index contributed by atoms with van der Waals surface area (Å²) in [6.07, 6.45) is 4.76. The molecule has 0 aromatic carbocycles. The van der Waals surface area contributed by atoms with Gasteiger partial charge in [-0.2, -0.15) is 0 Å². The van der Waals surface area contributed by atoms with E-state index in [1.807, 2.05) is 14.2 Å². The first-order valence-electron chi connectivity index (χ1n) is 9.36. The molecule has 4 nitrogen and oxygen atoms in total. The van der Waals surface area contributed by atoms with Crippen LogP contribution in [-0.4, -0.2) is 72.4 Å². The summed E-state index contributed by atoms with van der Waals surface area (Å²) < 4.78 is 14.4. The van der Waals surface area contributed by atoms with E-state index in [2.05, 4.69) is 42.6 Å². The Morgan fingerprint density at radius 2 is 1.78 bits per heavy atom. The Balaban J connectivity index is 2.43. The average molecular weight is 361 g/mol. The van der Waals surface area contributed by atoms with Gasteiger partial charge in [0.25, 0.3) is 0 Å². The molecule has 0 aromatic heterocycles. The molecule has 6 heteroatoms. The maximum Gasteiger partial charge on any atom is 0.147 e. The van der Waals surface area contributed by atoms with Gasteiger partial charge in [0.15, 0.2) is 0 Å². The molecular formula is C17H40N2O2Si2. The summed E-state index contributed by atoms with van der Waals surface area (Å²) in [6.45, 7) is 17.0. The van der Waals surface area contributed by atoms with Gasteiger partial charge in [-0.3, -0.25) is 4.90 Å². The van der Waals surface area contributed by atoms with Gasteiger partial charge in [0.2, 0.25) is 0 Å². The highest BCUT2D eigenvalue weighted by Crippen LogP contribution is 2.25. The van der Waals surface area contributed by atoms with Crippen molar-refractivity contribution in [2.75, 3.05) is 40.5 Å². The summed E-state index contributed by atoms with van der Waals surface area (Å²) in [5.74, 6) is 0. The van der Waals surface area contributed by atoms with Gasteiger partial charge in [0, 0.05) is 27.4 Å². The zero-order valence-corrected chi connectivity index (χ0v) is 18.8. The van der Waals surface area contributed by atoms with Crippen LogP contribution < -0.4 is 0 Å². The summed E-state index contributed by atoms with van der Waals surface area (Å²) in [4.78, 5) is 2.66. The van der Waals surface area contributed by atoms with Crippen molar-refractivity contribution in [3.8, 4) is 0 Å². The van der Waals surface area contributed by atoms with E-state index < -0.39 is 17.0 Å². The van der Waals surface area contributed by atoms with Crippen molar-refractivity contribution >= 4 is 17.0 Å². The molecule has 23 heavy (non-hydrogen) atoms. The van der Waals surface area contributed by atoms with Crippen molar-refractivity contribution in [1.29, 1.82) is 0 Å². The van der Waals surface area contributed by atoms with E-state index in [9.17, 15) is 0 Å². The quantitative estimate of drug-likeness (QED) is 0.440. The van der Waals surface area contributed by atoms with Crippen LogP contribution in [0, 0.1) is 0 Å². The van der Waals surface area contributed by atoms with Gasteiger partial charge in [0.1, 0.15) is 22.4 Å². The molecule has 0 saturated carbocycles. The van der Waals surface area contributed by atoms with Crippen LogP contribution in [0.2, 0.25) is 32.2 Å². The molecule has 0 N–H and O–H groups in total. The van der Waals surface area contributed by atoms with Crippen LogP contribution in [0.5, 0.6) is 0 Å². The fraction of sp³-hybridized carbons (Fsp3) is 1.00. The summed E-state index contributed by atoms with van der Waals surface area (Å²) in [6, 6.07) is 1.30. The van der Waals surface area contributed by atoms with E-state index in [4.69, 9.17) is 9.47 Å². The lowest BCUT2D eigenvalue weighted by Crippen LogP contribution is -2.55. The van der Waals surface area contributed by atoms with E-state index in [0.717, 1.165) is 12.8 Å². The summed E-state index contributed by atoms with van der Waals surface area (Å²) >= 11 is 0. The van der Waals surface area contributed by atoms with E-state index in [0.29, 0.717) is 0 Å². The zero-order valence-electron chi connectivity index (χ0n) is 16.7. The van der Waals surface area contributed by atoms with Crippen LogP contribution in [0.15, 0.2) is 0 Å². The fourth-order valence-corrected chi connectivity index (χ4v) is 8.00. The third kappa shape index (κ3) is 6.25. The molecule has 0 amide bonds. The number of nitrogens with zero attached hydrogens (tertiary/aromatic N) is 2. The molecule has 1 atom stereocenters. The molecular weight excluding hydrogens is 320 g/mol. The predicted molar refractivity (Wildman–Crippen MR) is 105 cm³/mol. The first-order valence-corrected chi connectivity index (χ1v) is 15.4. The number of hydrogen-bond acceptors (Lipinski definition) is 4. The van der Waals surface area contributed by atoms with E-state index in [-0.39, 0.29) is 5.41 Å². The summed E-state index contributed by atoms with van der Waals surface area (Å²) in [5.41, 5.74) is -0.263. The Morgan fingerprint density at radius 1 is 1.13 bits per heavy atom. The Labute approximate surface area is 147 Å². The smallest absolute Gasteiger partial charge is 0.147 e. The lowest BCUT2D eigenvalue weighted by atomic mass is 10.3. The van der Waals surface area contributed by atoms with Crippen LogP contribution >= 0.6 is 0 Å². The van der Waals surface area contributed by atoms with Crippen LogP contribution in [-0.2, 0) is 9.47 Å². The van der Waals surface area contributed by atoms with E-state index >= 15 is 0 Å². The molecule has 0 radical (unpaired) electrons. The second kappa shape index (κ2) is 9.68. The normalized spacial score (nSPS) is 20.0. The van der Waals surface area contributed by atoms with Gasteiger partial charge in [-0.1, -0.05) is 45.6 Å². The van der Waals surface area contributed by atoms with Crippen molar-refractivity contribution in [3.63, 3.8) is 0 Å². The maximum atomic E-state index is 5.82. The molecule has 0 aromatic rings. The van der Waals surface area contributed by atoms with Crippen molar-refractivity contribution < 1.29 is 9.47 Å². The van der Waals surface area contributed by atoms with Gasteiger partial charge in [0.05, 0.1) is 0 Å². The van der Waals surface area contributed by atoms with Gasteiger partial charge in [-0.15, -0.1) is 0 Å². The monoisotopic (exact) mass is 360 g/mol. The molecule has 0 bridgehead atoms. The molecule has 1 aliphatic heterocycles. The van der Waals surface area contributed by atoms with Gasteiger partial charge in [-0.05, 0) is 32.4 Å². The molecule has 1 fully saturated rings. The van der Waals surface area contributed by atoms with Crippen LogP contribution in [0.3, 0.4) is 0 Å². The molecule has 1 aliphatic rings. The van der Waals surface area contributed by atoms with Crippen molar-refractivity contribution in [2.45, 2.75) is 70.2 Å².